The number of nitrogens with zero attached hydrogens (tertiary/aromatic N) is 6. The Balaban J connectivity index is 0.000000414. The topological polar surface area (TPSA) is 173 Å². The SMILES string of the molecule is C.CCC(=S)NNC(=O)c1ccc(C)c(Br)c1.CN=C=S.CSc1nnc(-c2ccc(C)c(Br)c2)n1C.Cc1ccc(-c2n[nH]c(=S)n2C)cc1Br.Cc1ccc(C(=O)NN)cc1Br. The third kappa shape index (κ3) is 18.3. The van der Waals surface area contributed by atoms with Crippen LogP contribution in [0.1, 0.15) is 63.7 Å². The average Bonchev–Trinajstić information content (AvgIpc) is 3.83. The summed E-state index contributed by atoms with van der Waals surface area (Å²) in [6.07, 6.45) is 2.70. The van der Waals surface area contributed by atoms with Crippen LogP contribution in [-0.2, 0) is 14.1 Å². The highest BCUT2D eigenvalue weighted by atomic mass is 79.9. The standard InChI is InChI=1S/C11H12BrN3S.C11H13BrN2OS.C10H10BrN3S.C8H9BrN2O.C2H3NS.CH4/c1-7-4-5-8(6-9(7)12)10-13-14-11(16-3)15(10)2;1-3-10(16)13-14-11(15)8-5-4-7(2)9(12)6-8;1-6-3-4-7(5-8(6)11)9-12-13-10(15)14(9)2;1-5-2-3-6(4-7(5)9)8(12)11-10;1-3-2-4;/h4-6H,1-3H3;4-6H,3H2,1-2H3,(H,13,16)(H,14,15);3-5H,1-2H3,(H,13,15);2-4H,10H2,1H3,(H,11,12);1H3;1H4. The Morgan fingerprint density at radius 3 is 1.56 bits per heavy atom. The van der Waals surface area contributed by atoms with Crippen molar-refractivity contribution in [1.29, 1.82) is 0 Å². The molecule has 0 aliphatic heterocycles. The molecule has 13 nitrogen and oxygen atoms in total. The van der Waals surface area contributed by atoms with Crippen molar-refractivity contribution < 1.29 is 9.59 Å². The van der Waals surface area contributed by atoms with Gasteiger partial charge < -0.3 is 9.13 Å². The van der Waals surface area contributed by atoms with Crippen molar-refractivity contribution in [2.45, 2.75) is 53.6 Å². The van der Waals surface area contributed by atoms with Gasteiger partial charge in [0.15, 0.2) is 21.6 Å². The third-order valence-electron chi connectivity index (χ3n) is 8.48. The van der Waals surface area contributed by atoms with E-state index in [-0.39, 0.29) is 19.2 Å². The van der Waals surface area contributed by atoms with Crippen LogP contribution in [0.5, 0.6) is 0 Å². The number of benzene rings is 4. The van der Waals surface area contributed by atoms with E-state index < -0.39 is 0 Å². The van der Waals surface area contributed by atoms with E-state index >= 15 is 0 Å². The summed E-state index contributed by atoms with van der Waals surface area (Å²) in [5.74, 6) is 6.24. The first kappa shape index (κ1) is 58.3. The summed E-state index contributed by atoms with van der Waals surface area (Å²) in [7, 11) is 5.47. The normalized spacial score (nSPS) is 9.66. The number of nitrogens with one attached hydrogen (secondary N) is 4. The first-order valence-corrected chi connectivity index (χ1v) is 24.1. The summed E-state index contributed by atoms with van der Waals surface area (Å²) in [6.45, 7) is 9.96. The van der Waals surface area contributed by atoms with Gasteiger partial charge in [0.1, 0.15) is 0 Å². The van der Waals surface area contributed by atoms with Crippen molar-refractivity contribution in [3.63, 3.8) is 0 Å². The number of aromatic amines is 1. The van der Waals surface area contributed by atoms with Crippen LogP contribution < -0.4 is 22.1 Å². The molecule has 2 aromatic heterocycles. The maximum atomic E-state index is 11.7. The average molecular weight is 1200 g/mol. The highest BCUT2D eigenvalue weighted by Crippen LogP contribution is 2.27. The van der Waals surface area contributed by atoms with E-state index in [0.29, 0.717) is 27.3 Å². The second-order valence-electron chi connectivity index (χ2n) is 13.0. The molecule has 0 unspecified atom stereocenters. The van der Waals surface area contributed by atoms with Crippen molar-refractivity contribution in [1.82, 2.24) is 45.8 Å². The van der Waals surface area contributed by atoms with Gasteiger partial charge in [-0.15, -0.1) is 10.2 Å². The van der Waals surface area contributed by atoms with Gasteiger partial charge in [-0.25, -0.2) is 10.8 Å². The van der Waals surface area contributed by atoms with Gasteiger partial charge in [0.2, 0.25) is 0 Å². The van der Waals surface area contributed by atoms with Gasteiger partial charge in [0.25, 0.3) is 11.8 Å². The van der Waals surface area contributed by atoms with E-state index in [1.54, 1.807) is 43.1 Å². The third-order valence-corrected chi connectivity index (χ3v) is 13.6. The lowest BCUT2D eigenvalue weighted by molar-refractivity contribution is 0.0939. The Labute approximate surface area is 429 Å². The van der Waals surface area contributed by atoms with Crippen molar-refractivity contribution in [3.8, 4) is 22.8 Å². The molecule has 0 spiro atoms. The summed E-state index contributed by atoms with van der Waals surface area (Å²) in [4.78, 5) is 26.6. The number of thioether (sulfide) groups is 1. The number of rotatable bonds is 6. The number of H-pyrrole nitrogens is 1. The van der Waals surface area contributed by atoms with Crippen LogP contribution in [0.25, 0.3) is 22.8 Å². The van der Waals surface area contributed by atoms with Crippen molar-refractivity contribution in [2.75, 3.05) is 13.3 Å². The lowest BCUT2D eigenvalue weighted by atomic mass is 10.1. The number of isothiocyanates is 1. The number of aliphatic imine (C=N–C) groups is 1. The van der Waals surface area contributed by atoms with Crippen molar-refractivity contribution >= 4 is 134 Å². The number of carbonyl (C=O) groups is 2. The van der Waals surface area contributed by atoms with Crippen LogP contribution in [0, 0.1) is 32.5 Å². The zero-order valence-electron chi connectivity index (χ0n) is 35.9. The molecule has 0 aliphatic rings. The van der Waals surface area contributed by atoms with Crippen LogP contribution in [0.3, 0.4) is 0 Å². The summed E-state index contributed by atoms with van der Waals surface area (Å²) in [5, 5.41) is 18.3. The van der Waals surface area contributed by atoms with Gasteiger partial charge in [-0.05, 0) is 123 Å². The molecule has 0 saturated heterocycles. The maximum absolute atomic E-state index is 11.7. The van der Waals surface area contributed by atoms with E-state index in [1.165, 1.54) is 11.1 Å². The zero-order chi connectivity index (χ0) is 47.4. The molecule has 2 heterocycles. The maximum Gasteiger partial charge on any atom is 0.269 e. The molecule has 0 radical (unpaired) electrons. The summed E-state index contributed by atoms with van der Waals surface area (Å²) >= 11 is 29.5. The largest absolute Gasteiger partial charge is 0.305 e. The fourth-order valence-corrected chi connectivity index (χ4v) is 6.83. The van der Waals surface area contributed by atoms with Crippen LogP contribution in [0.15, 0.2) is 101 Å². The van der Waals surface area contributed by atoms with Crippen LogP contribution in [0.2, 0.25) is 0 Å². The number of nitrogens with two attached hydrogens (primary N) is 1. The first-order chi connectivity index (χ1) is 29.8. The number of carbonyl (C=O) groups excluding carboxylic acids is 2. The molecular formula is C43H51Br4N11O2S4. The predicted molar refractivity (Wildman–Crippen MR) is 288 cm³/mol. The smallest absolute Gasteiger partial charge is 0.269 e. The van der Waals surface area contributed by atoms with Gasteiger partial charge in [-0.3, -0.25) is 31.0 Å². The number of aryl methyl sites for hydroxylation is 4. The van der Waals surface area contributed by atoms with E-state index in [1.807, 2.05) is 74.5 Å². The predicted octanol–water partition coefficient (Wildman–Crippen LogP) is 11.9. The quantitative estimate of drug-likeness (QED) is 0.0268. The molecule has 6 N–H and O–H groups in total. The fourth-order valence-electron chi connectivity index (χ4n) is 4.65. The number of hydrazine groups is 2. The molecule has 6 rings (SSSR count). The Hall–Kier alpha value is -3.76. The van der Waals surface area contributed by atoms with Crippen LogP contribution >= 0.6 is 112 Å². The highest BCUT2D eigenvalue weighted by molar-refractivity contribution is 9.11. The number of hydrogen-bond donors (Lipinski definition) is 5. The van der Waals surface area contributed by atoms with Gasteiger partial charge in [0.05, 0.1) is 10.1 Å². The minimum atomic E-state index is -0.282. The molecule has 0 saturated carbocycles. The number of hydrogen-bond acceptors (Lipinski definition) is 11. The molecule has 2 amide bonds. The molecule has 6 aromatic rings. The number of halogens is 4. The molecule has 4 aromatic carbocycles. The molecule has 0 fully saturated rings. The molecule has 0 atom stereocenters. The molecule has 342 valence electrons. The minimum Gasteiger partial charge on any atom is -0.305 e. The van der Waals surface area contributed by atoms with Crippen LogP contribution in [-0.4, -0.2) is 64.8 Å². The lowest BCUT2D eigenvalue weighted by Crippen LogP contribution is -2.40. The molecule has 21 heteroatoms. The first-order valence-electron chi connectivity index (χ1n) is 18.5. The number of nitrogen functional groups attached to an aromatic ring is 1. The zero-order valence-corrected chi connectivity index (χ0v) is 45.5. The van der Waals surface area contributed by atoms with Gasteiger partial charge in [-0.1, -0.05) is 138 Å². The van der Waals surface area contributed by atoms with Crippen molar-refractivity contribution in [2.24, 2.45) is 24.9 Å². The Kier molecular flexibility index (Phi) is 27.0. The van der Waals surface area contributed by atoms with E-state index in [4.69, 9.17) is 30.3 Å². The monoisotopic (exact) mass is 1200 g/mol. The van der Waals surface area contributed by atoms with E-state index in [0.717, 1.165) is 56.9 Å². The van der Waals surface area contributed by atoms with Gasteiger partial charge in [-0.2, -0.15) is 5.10 Å². The summed E-state index contributed by atoms with van der Waals surface area (Å²) in [6, 6.07) is 23.1. The Morgan fingerprint density at radius 1 is 0.766 bits per heavy atom. The number of thiocarbonyl (C=S) groups is 2. The Morgan fingerprint density at radius 2 is 1.20 bits per heavy atom. The van der Waals surface area contributed by atoms with E-state index in [9.17, 15) is 9.59 Å². The molecule has 0 aliphatic carbocycles. The van der Waals surface area contributed by atoms with Crippen LogP contribution in [0.4, 0.5) is 0 Å². The highest BCUT2D eigenvalue weighted by Gasteiger charge is 2.11. The number of aromatic nitrogens is 6. The second-order valence-corrected chi connectivity index (χ2v) is 18.2. The summed E-state index contributed by atoms with van der Waals surface area (Å²) in [5.41, 5.74) is 15.2. The van der Waals surface area contributed by atoms with E-state index in [2.05, 4.69) is 161 Å². The van der Waals surface area contributed by atoms with Crippen molar-refractivity contribution in [3.05, 3.63) is 129 Å². The summed E-state index contributed by atoms with van der Waals surface area (Å²) < 4.78 is 8.48. The molecule has 0 bridgehead atoms. The minimum absolute atomic E-state index is 0. The molecular weight excluding hydrogens is 1150 g/mol. The Bertz CT molecular complexity index is 2630. The molecule has 64 heavy (non-hydrogen) atoms. The number of amides is 2. The second kappa shape index (κ2) is 29.7. The fraction of sp³-hybridized carbons (Fsp3) is 0.256. The lowest BCUT2D eigenvalue weighted by Gasteiger charge is -2.08. The van der Waals surface area contributed by atoms with Gasteiger partial charge >= 0.3 is 0 Å². The van der Waals surface area contributed by atoms with Gasteiger partial charge in [0, 0.05) is 61.3 Å².